The molecular weight excluding hydrogens is 306 g/mol. The van der Waals surface area contributed by atoms with Crippen molar-refractivity contribution in [2.24, 2.45) is 0 Å². The van der Waals surface area contributed by atoms with Gasteiger partial charge in [-0.15, -0.1) is 0 Å². The van der Waals surface area contributed by atoms with Crippen molar-refractivity contribution in [3.8, 4) is 17.2 Å². The number of hydrogen-bond acceptors (Lipinski definition) is 4. The number of methoxy groups -OCH3 is 2. The summed E-state index contributed by atoms with van der Waals surface area (Å²) in [5, 5.41) is 0. The molecule has 5 heteroatoms. The van der Waals surface area contributed by atoms with Gasteiger partial charge in [0.1, 0.15) is 28.9 Å². The monoisotopic (exact) mass is 327 g/mol. The number of carbonyl (C=O) groups excluding carboxylic acids is 1. The highest BCUT2D eigenvalue weighted by molar-refractivity contribution is 5.99. The molecule has 3 rings (SSSR count). The van der Waals surface area contributed by atoms with Crippen molar-refractivity contribution in [1.29, 1.82) is 0 Å². The molecule has 1 amide bonds. The zero-order valence-electron chi connectivity index (χ0n) is 14.1. The van der Waals surface area contributed by atoms with Gasteiger partial charge in [0.15, 0.2) is 0 Å². The summed E-state index contributed by atoms with van der Waals surface area (Å²) in [6, 6.07) is 13.1. The molecule has 0 aromatic heterocycles. The third kappa shape index (κ3) is 3.02. The molecule has 2 aromatic rings. The molecule has 5 nitrogen and oxygen atoms in total. The molecule has 0 N–H and O–H groups in total. The van der Waals surface area contributed by atoms with E-state index in [0.717, 1.165) is 11.3 Å². The van der Waals surface area contributed by atoms with E-state index in [-0.39, 0.29) is 12.0 Å². The SMILES string of the molecule is COc1cccc(OC)c1C(=O)N1Cc2ccccc2OC(C)C1. The summed E-state index contributed by atoms with van der Waals surface area (Å²) < 4.78 is 16.7. The van der Waals surface area contributed by atoms with E-state index < -0.39 is 0 Å². The Morgan fingerprint density at radius 3 is 2.42 bits per heavy atom. The molecule has 0 saturated carbocycles. The number of fused-ring (bicyclic) bond motifs is 1. The maximum absolute atomic E-state index is 13.2. The maximum atomic E-state index is 13.2. The van der Waals surface area contributed by atoms with E-state index in [1.807, 2.05) is 31.2 Å². The van der Waals surface area contributed by atoms with Crippen molar-refractivity contribution in [1.82, 2.24) is 4.90 Å². The fraction of sp³-hybridized carbons (Fsp3) is 0.316. The largest absolute Gasteiger partial charge is 0.496 e. The van der Waals surface area contributed by atoms with Crippen molar-refractivity contribution >= 4 is 5.91 Å². The fourth-order valence-electron chi connectivity index (χ4n) is 2.96. The number of carbonyl (C=O) groups is 1. The number of ether oxygens (including phenoxy) is 3. The van der Waals surface area contributed by atoms with Crippen LogP contribution in [0.2, 0.25) is 0 Å². The van der Waals surface area contributed by atoms with E-state index in [4.69, 9.17) is 14.2 Å². The highest BCUT2D eigenvalue weighted by Gasteiger charge is 2.28. The first kappa shape index (κ1) is 16.2. The van der Waals surface area contributed by atoms with Gasteiger partial charge in [-0.25, -0.2) is 0 Å². The summed E-state index contributed by atoms with van der Waals surface area (Å²) in [7, 11) is 3.10. The predicted molar refractivity (Wildman–Crippen MR) is 90.8 cm³/mol. The molecule has 1 aliphatic heterocycles. The Bertz CT molecular complexity index is 722. The molecule has 0 aliphatic carbocycles. The Hall–Kier alpha value is -2.69. The first-order valence-electron chi connectivity index (χ1n) is 7.89. The van der Waals surface area contributed by atoms with Crippen LogP contribution in [0.1, 0.15) is 22.8 Å². The van der Waals surface area contributed by atoms with Gasteiger partial charge in [0, 0.05) is 12.1 Å². The van der Waals surface area contributed by atoms with E-state index >= 15 is 0 Å². The predicted octanol–water partition coefficient (Wildman–Crippen LogP) is 3.13. The Morgan fingerprint density at radius 2 is 1.75 bits per heavy atom. The van der Waals surface area contributed by atoms with Crippen molar-refractivity contribution < 1.29 is 19.0 Å². The second-order valence-electron chi connectivity index (χ2n) is 5.76. The Morgan fingerprint density at radius 1 is 1.08 bits per heavy atom. The molecule has 0 radical (unpaired) electrons. The lowest BCUT2D eigenvalue weighted by Crippen LogP contribution is -2.36. The van der Waals surface area contributed by atoms with Crippen LogP contribution in [0.5, 0.6) is 17.2 Å². The number of benzene rings is 2. The third-order valence-electron chi connectivity index (χ3n) is 4.07. The third-order valence-corrected chi connectivity index (χ3v) is 4.07. The zero-order chi connectivity index (χ0) is 17.1. The minimum atomic E-state index is -0.128. The van der Waals surface area contributed by atoms with Crippen LogP contribution in [0, 0.1) is 0 Å². The quantitative estimate of drug-likeness (QED) is 0.869. The minimum absolute atomic E-state index is 0.0988. The van der Waals surface area contributed by atoms with Gasteiger partial charge in [-0.3, -0.25) is 4.79 Å². The molecule has 0 bridgehead atoms. The second-order valence-corrected chi connectivity index (χ2v) is 5.76. The number of nitrogens with zero attached hydrogens (tertiary/aromatic N) is 1. The van der Waals surface area contributed by atoms with E-state index in [0.29, 0.717) is 30.2 Å². The summed E-state index contributed by atoms with van der Waals surface area (Å²) in [5.74, 6) is 1.71. The van der Waals surface area contributed by atoms with Crippen molar-refractivity contribution in [3.63, 3.8) is 0 Å². The molecule has 1 heterocycles. The maximum Gasteiger partial charge on any atom is 0.261 e. The van der Waals surface area contributed by atoms with Crippen LogP contribution in [-0.2, 0) is 6.54 Å². The number of hydrogen-bond donors (Lipinski definition) is 0. The van der Waals surface area contributed by atoms with Gasteiger partial charge in [0.25, 0.3) is 5.91 Å². The standard InChI is InChI=1S/C19H21NO4/c1-13-11-20(12-14-7-4-5-8-15(14)24-13)19(21)18-16(22-2)9-6-10-17(18)23-3/h4-10,13H,11-12H2,1-3H3. The molecule has 0 spiro atoms. The lowest BCUT2D eigenvalue weighted by Gasteiger charge is -2.24. The highest BCUT2D eigenvalue weighted by Crippen LogP contribution is 2.32. The van der Waals surface area contributed by atoms with Crippen LogP contribution in [0.4, 0.5) is 0 Å². The molecule has 24 heavy (non-hydrogen) atoms. The molecule has 1 atom stereocenters. The smallest absolute Gasteiger partial charge is 0.261 e. The van der Waals surface area contributed by atoms with Gasteiger partial charge in [-0.05, 0) is 25.1 Å². The van der Waals surface area contributed by atoms with Crippen molar-refractivity contribution in [2.45, 2.75) is 19.6 Å². The summed E-state index contributed by atoms with van der Waals surface area (Å²) in [6.07, 6.45) is -0.0988. The Balaban J connectivity index is 1.99. The van der Waals surface area contributed by atoms with Crippen molar-refractivity contribution in [2.75, 3.05) is 20.8 Å². The average Bonchev–Trinajstić information content (AvgIpc) is 2.78. The van der Waals surface area contributed by atoms with E-state index in [1.54, 1.807) is 37.3 Å². The van der Waals surface area contributed by atoms with Gasteiger partial charge in [-0.1, -0.05) is 24.3 Å². The minimum Gasteiger partial charge on any atom is -0.496 e. The van der Waals surface area contributed by atoms with Crippen LogP contribution in [0.25, 0.3) is 0 Å². The van der Waals surface area contributed by atoms with Gasteiger partial charge in [-0.2, -0.15) is 0 Å². The molecule has 0 fully saturated rings. The molecule has 1 unspecified atom stereocenters. The van der Waals surface area contributed by atoms with Crippen molar-refractivity contribution in [3.05, 3.63) is 53.6 Å². The number of amides is 1. The lowest BCUT2D eigenvalue weighted by molar-refractivity contribution is 0.0684. The summed E-state index contributed by atoms with van der Waals surface area (Å²) in [5.41, 5.74) is 1.43. The summed E-state index contributed by atoms with van der Waals surface area (Å²) in [4.78, 5) is 15.0. The first-order valence-corrected chi connectivity index (χ1v) is 7.89. The van der Waals surface area contributed by atoms with Gasteiger partial charge in [0.05, 0.1) is 20.8 Å². The Labute approximate surface area is 141 Å². The zero-order valence-corrected chi connectivity index (χ0v) is 14.1. The highest BCUT2D eigenvalue weighted by atomic mass is 16.5. The molecule has 1 aliphatic rings. The number of para-hydroxylation sites is 1. The summed E-state index contributed by atoms with van der Waals surface area (Å²) >= 11 is 0. The molecular formula is C19H21NO4. The van der Waals surface area contributed by atoms with E-state index in [2.05, 4.69) is 0 Å². The second kappa shape index (κ2) is 6.83. The van der Waals surface area contributed by atoms with Crippen LogP contribution in [0.3, 0.4) is 0 Å². The van der Waals surface area contributed by atoms with Gasteiger partial charge in [0.2, 0.25) is 0 Å². The first-order chi connectivity index (χ1) is 11.6. The Kier molecular flexibility index (Phi) is 4.60. The lowest BCUT2D eigenvalue weighted by atomic mass is 10.1. The van der Waals surface area contributed by atoms with Crippen LogP contribution in [-0.4, -0.2) is 37.7 Å². The fourth-order valence-corrected chi connectivity index (χ4v) is 2.96. The van der Waals surface area contributed by atoms with Crippen LogP contribution < -0.4 is 14.2 Å². The molecule has 0 saturated heterocycles. The normalized spacial score (nSPS) is 16.6. The molecule has 2 aromatic carbocycles. The molecule has 126 valence electrons. The van der Waals surface area contributed by atoms with Gasteiger partial charge >= 0.3 is 0 Å². The summed E-state index contributed by atoms with van der Waals surface area (Å²) in [6.45, 7) is 2.94. The van der Waals surface area contributed by atoms with Gasteiger partial charge < -0.3 is 19.1 Å². The average molecular weight is 327 g/mol. The topological polar surface area (TPSA) is 48.0 Å². The van der Waals surface area contributed by atoms with Crippen LogP contribution in [0.15, 0.2) is 42.5 Å². The van der Waals surface area contributed by atoms with E-state index in [1.165, 1.54) is 0 Å². The van der Waals surface area contributed by atoms with E-state index in [9.17, 15) is 4.79 Å². The van der Waals surface area contributed by atoms with Crippen LogP contribution >= 0.6 is 0 Å². The number of rotatable bonds is 3.